The van der Waals surface area contributed by atoms with E-state index in [0.29, 0.717) is 46.5 Å². The van der Waals surface area contributed by atoms with Gasteiger partial charge in [-0.3, -0.25) is 0 Å². The Morgan fingerprint density at radius 3 is 2.84 bits per heavy atom. The zero-order valence-electron chi connectivity index (χ0n) is 18.1. The first-order chi connectivity index (χ1) is 14.8. The van der Waals surface area contributed by atoms with Gasteiger partial charge in [0.25, 0.3) is 0 Å². The Bertz CT molecular complexity index is 1140. The van der Waals surface area contributed by atoms with Crippen LogP contribution in [0.25, 0.3) is 5.65 Å². The molecule has 1 aliphatic rings. The van der Waals surface area contributed by atoms with Gasteiger partial charge in [-0.05, 0) is 39.8 Å². The van der Waals surface area contributed by atoms with E-state index in [1.54, 1.807) is 23.0 Å². The SMILES string of the molecule is CCOc1cc(F)cc([C@@H](C)Nc2ccn3ncc(C4=NC(C)(C)ON4)c3n2)c1OC. The number of amidine groups is 1. The molecule has 2 N–H and O–H groups in total. The maximum Gasteiger partial charge on any atom is 0.182 e. The molecule has 164 valence electrons. The highest BCUT2D eigenvalue weighted by molar-refractivity contribution is 6.03. The van der Waals surface area contributed by atoms with Crippen molar-refractivity contribution in [3.8, 4) is 11.5 Å². The third-order valence-electron chi connectivity index (χ3n) is 4.79. The van der Waals surface area contributed by atoms with Gasteiger partial charge in [-0.1, -0.05) is 0 Å². The van der Waals surface area contributed by atoms with E-state index >= 15 is 0 Å². The van der Waals surface area contributed by atoms with E-state index in [-0.39, 0.29) is 6.04 Å². The standard InChI is InChI=1S/C21H25FN6O3/c1-6-30-16-10-13(22)9-14(18(16)29-5)12(2)24-17-7-8-28-20(25-17)15(11-23-28)19-26-21(3,4)31-27-19/h7-12H,6H2,1-5H3,(H,24,25)(H,26,27)/t12-/m1/s1. The molecule has 0 saturated heterocycles. The van der Waals surface area contributed by atoms with Crippen LogP contribution < -0.4 is 20.3 Å². The van der Waals surface area contributed by atoms with E-state index in [9.17, 15) is 4.39 Å². The number of aromatic nitrogens is 3. The first-order valence-electron chi connectivity index (χ1n) is 9.96. The number of benzene rings is 1. The fourth-order valence-electron chi connectivity index (χ4n) is 3.41. The van der Waals surface area contributed by atoms with Crippen molar-refractivity contribution in [2.45, 2.75) is 39.5 Å². The van der Waals surface area contributed by atoms with E-state index in [0.717, 1.165) is 0 Å². The van der Waals surface area contributed by atoms with Gasteiger partial charge in [0.2, 0.25) is 0 Å². The summed E-state index contributed by atoms with van der Waals surface area (Å²) >= 11 is 0. The minimum absolute atomic E-state index is 0.310. The van der Waals surface area contributed by atoms with Crippen LogP contribution in [0.1, 0.15) is 44.9 Å². The number of hydrogen-bond acceptors (Lipinski definition) is 8. The average Bonchev–Trinajstić information content (AvgIpc) is 3.30. The Balaban J connectivity index is 1.66. The van der Waals surface area contributed by atoms with Crippen LogP contribution in [0, 0.1) is 5.82 Å². The maximum atomic E-state index is 14.2. The number of methoxy groups -OCH3 is 1. The van der Waals surface area contributed by atoms with Gasteiger partial charge < -0.3 is 14.8 Å². The molecule has 0 amide bonds. The second-order valence-corrected chi connectivity index (χ2v) is 7.58. The molecule has 10 heteroatoms. The number of nitrogens with one attached hydrogen (secondary N) is 2. The van der Waals surface area contributed by atoms with Gasteiger partial charge in [-0.2, -0.15) is 5.10 Å². The number of halogens is 1. The number of hydrogen-bond donors (Lipinski definition) is 2. The zero-order chi connectivity index (χ0) is 22.2. The zero-order valence-corrected chi connectivity index (χ0v) is 18.1. The summed E-state index contributed by atoms with van der Waals surface area (Å²) in [4.78, 5) is 14.6. The van der Waals surface area contributed by atoms with Crippen molar-refractivity contribution in [3.05, 3.63) is 47.5 Å². The van der Waals surface area contributed by atoms with Crippen LogP contribution in [0.2, 0.25) is 0 Å². The molecule has 0 bridgehead atoms. The third-order valence-corrected chi connectivity index (χ3v) is 4.79. The lowest BCUT2D eigenvalue weighted by Gasteiger charge is -2.20. The number of nitrogens with zero attached hydrogens (tertiary/aromatic N) is 4. The average molecular weight is 428 g/mol. The maximum absolute atomic E-state index is 14.2. The summed E-state index contributed by atoms with van der Waals surface area (Å²) < 4.78 is 26.9. The lowest BCUT2D eigenvalue weighted by atomic mass is 10.1. The summed E-state index contributed by atoms with van der Waals surface area (Å²) in [6, 6.07) is 4.23. The molecule has 31 heavy (non-hydrogen) atoms. The van der Waals surface area contributed by atoms with Crippen molar-refractivity contribution in [2.75, 3.05) is 19.0 Å². The molecule has 0 unspecified atom stereocenters. The van der Waals surface area contributed by atoms with Gasteiger partial charge in [-0.15, -0.1) is 0 Å². The van der Waals surface area contributed by atoms with Gasteiger partial charge in [0, 0.05) is 17.8 Å². The van der Waals surface area contributed by atoms with Crippen LogP contribution in [0.5, 0.6) is 11.5 Å². The van der Waals surface area contributed by atoms with E-state index in [4.69, 9.17) is 14.3 Å². The van der Waals surface area contributed by atoms with Crippen LogP contribution in [-0.4, -0.2) is 39.9 Å². The molecule has 1 atom stereocenters. The van der Waals surface area contributed by atoms with Crippen LogP contribution >= 0.6 is 0 Å². The van der Waals surface area contributed by atoms with Crippen molar-refractivity contribution in [1.82, 2.24) is 20.1 Å². The topological polar surface area (TPSA) is 94.3 Å². The van der Waals surface area contributed by atoms with Gasteiger partial charge in [-0.25, -0.2) is 29.2 Å². The predicted octanol–water partition coefficient (Wildman–Crippen LogP) is 3.47. The molecule has 9 nitrogen and oxygen atoms in total. The summed E-state index contributed by atoms with van der Waals surface area (Å²) in [5.41, 5.74) is 4.10. The monoisotopic (exact) mass is 428 g/mol. The van der Waals surface area contributed by atoms with Gasteiger partial charge in [0.05, 0.1) is 31.5 Å². The Hall–Kier alpha value is -3.40. The highest BCUT2D eigenvalue weighted by Crippen LogP contribution is 2.37. The Labute approximate surface area is 179 Å². The smallest absolute Gasteiger partial charge is 0.182 e. The number of hydroxylamine groups is 1. The van der Waals surface area contributed by atoms with Crippen LogP contribution in [-0.2, 0) is 4.84 Å². The van der Waals surface area contributed by atoms with Crippen LogP contribution in [0.3, 0.4) is 0 Å². The minimum Gasteiger partial charge on any atom is -0.492 e. The molecule has 0 radical (unpaired) electrons. The van der Waals surface area contributed by atoms with Crippen molar-refractivity contribution in [3.63, 3.8) is 0 Å². The fraction of sp³-hybridized carbons (Fsp3) is 0.381. The number of aliphatic imine (C=N–C) groups is 1. The summed E-state index contributed by atoms with van der Waals surface area (Å²) in [5, 5.41) is 7.62. The van der Waals surface area contributed by atoms with E-state index < -0.39 is 11.5 Å². The summed E-state index contributed by atoms with van der Waals surface area (Å²) in [6.45, 7) is 7.84. The van der Waals surface area contributed by atoms with E-state index in [1.165, 1.54) is 19.2 Å². The molecule has 0 aliphatic carbocycles. The number of rotatable bonds is 7. The van der Waals surface area contributed by atoms with Crippen molar-refractivity contribution in [2.24, 2.45) is 4.99 Å². The highest BCUT2D eigenvalue weighted by atomic mass is 19.1. The molecule has 3 heterocycles. The predicted molar refractivity (Wildman–Crippen MR) is 114 cm³/mol. The molecular formula is C21H25FN6O3. The second kappa shape index (κ2) is 8.03. The molecule has 4 rings (SSSR count). The molecule has 0 fully saturated rings. The number of anilines is 1. The Morgan fingerprint density at radius 2 is 2.16 bits per heavy atom. The summed E-state index contributed by atoms with van der Waals surface area (Å²) in [5.74, 6) is 1.60. The van der Waals surface area contributed by atoms with Gasteiger partial charge >= 0.3 is 0 Å². The molecule has 0 spiro atoms. The Morgan fingerprint density at radius 1 is 1.35 bits per heavy atom. The minimum atomic E-state index is -0.666. The quantitative estimate of drug-likeness (QED) is 0.595. The first-order valence-corrected chi connectivity index (χ1v) is 9.96. The van der Waals surface area contributed by atoms with E-state index in [1.807, 2.05) is 27.7 Å². The number of fused-ring (bicyclic) bond motifs is 1. The van der Waals surface area contributed by atoms with Gasteiger partial charge in [0.15, 0.2) is 28.7 Å². The molecule has 1 aliphatic heterocycles. The summed E-state index contributed by atoms with van der Waals surface area (Å²) in [6.07, 6.45) is 3.47. The molecule has 0 saturated carbocycles. The van der Waals surface area contributed by atoms with E-state index in [2.05, 4.69) is 25.9 Å². The van der Waals surface area contributed by atoms with Crippen molar-refractivity contribution < 1.29 is 18.7 Å². The van der Waals surface area contributed by atoms with Crippen molar-refractivity contribution in [1.29, 1.82) is 0 Å². The summed E-state index contributed by atoms with van der Waals surface area (Å²) in [7, 11) is 1.54. The molecule has 1 aromatic carbocycles. The Kier molecular flexibility index (Phi) is 5.40. The molecular weight excluding hydrogens is 403 g/mol. The fourth-order valence-corrected chi connectivity index (χ4v) is 3.41. The third kappa shape index (κ3) is 4.11. The van der Waals surface area contributed by atoms with Crippen LogP contribution in [0.15, 0.2) is 35.6 Å². The largest absolute Gasteiger partial charge is 0.492 e. The van der Waals surface area contributed by atoms with Crippen molar-refractivity contribution >= 4 is 17.3 Å². The van der Waals surface area contributed by atoms with Gasteiger partial charge in [0.1, 0.15) is 11.6 Å². The highest BCUT2D eigenvalue weighted by Gasteiger charge is 2.28. The first kappa shape index (κ1) is 20.9. The molecule has 2 aromatic heterocycles. The number of ether oxygens (including phenoxy) is 2. The lowest BCUT2D eigenvalue weighted by molar-refractivity contribution is -0.0269. The van der Waals surface area contributed by atoms with Crippen LogP contribution in [0.4, 0.5) is 10.2 Å². The normalized spacial score (nSPS) is 16.0. The lowest BCUT2D eigenvalue weighted by Crippen LogP contribution is -2.23. The molecule has 3 aromatic rings. The second-order valence-electron chi connectivity index (χ2n) is 7.58.